The van der Waals surface area contributed by atoms with E-state index < -0.39 is 17.0 Å². The summed E-state index contributed by atoms with van der Waals surface area (Å²) in [5, 5.41) is 17.4. The molecule has 0 radical (unpaired) electrons. The molecule has 0 aromatic heterocycles. The normalized spacial score (nSPS) is 10.2. The van der Waals surface area contributed by atoms with Crippen molar-refractivity contribution in [3.63, 3.8) is 0 Å². The molecule has 6 heteroatoms. The lowest BCUT2D eigenvalue weighted by atomic mass is 9.80. The van der Waals surface area contributed by atoms with Crippen molar-refractivity contribution in [3.8, 4) is 0 Å². The highest BCUT2D eigenvalue weighted by atomic mass is 32.2. The van der Waals surface area contributed by atoms with Crippen LogP contribution in [-0.2, 0) is 9.84 Å². The van der Waals surface area contributed by atoms with Gasteiger partial charge >= 0.3 is 7.12 Å². The van der Waals surface area contributed by atoms with Gasteiger partial charge in [0, 0.05) is 12.5 Å². The number of aryl methyl sites for hydroxylation is 1. The van der Waals surface area contributed by atoms with Crippen LogP contribution in [0.1, 0.15) is 5.56 Å². The molecule has 0 aliphatic heterocycles. The van der Waals surface area contributed by atoms with Crippen LogP contribution >= 0.6 is 0 Å². The van der Waals surface area contributed by atoms with Crippen LogP contribution in [-0.4, -0.2) is 38.1 Å². The maximum absolute atomic E-state index is 9.63. The van der Waals surface area contributed by atoms with Gasteiger partial charge in [-0.3, -0.25) is 0 Å². The molecule has 1 aromatic carbocycles. The molecule has 1 aromatic rings. The van der Waals surface area contributed by atoms with Crippen LogP contribution in [0.5, 0.6) is 0 Å². The van der Waals surface area contributed by atoms with Crippen LogP contribution in [0.15, 0.2) is 24.3 Å². The molecule has 0 aliphatic rings. The van der Waals surface area contributed by atoms with Gasteiger partial charge in [0.15, 0.2) is 0 Å². The molecule has 0 bridgehead atoms. The molecule has 0 amide bonds. The highest BCUT2D eigenvalue weighted by Crippen LogP contribution is 1.92. The Hall–Kier alpha value is -0.845. The second-order valence-corrected chi connectivity index (χ2v) is 5.72. The third-order valence-electron chi connectivity index (χ3n) is 1.34. The third-order valence-corrected chi connectivity index (χ3v) is 1.34. The van der Waals surface area contributed by atoms with Gasteiger partial charge in [0.05, 0.1) is 0 Å². The van der Waals surface area contributed by atoms with Gasteiger partial charge in [-0.25, -0.2) is 8.42 Å². The summed E-state index contributed by atoms with van der Waals surface area (Å²) in [5.41, 5.74) is 1.57. The first-order valence-electron chi connectivity index (χ1n) is 4.28. The molecule has 1 rings (SSSR count). The maximum Gasteiger partial charge on any atom is 0.488 e. The van der Waals surface area contributed by atoms with Crippen molar-refractivity contribution in [2.75, 3.05) is 12.5 Å². The second kappa shape index (κ2) is 5.90. The summed E-state index contributed by atoms with van der Waals surface area (Å²) < 4.78 is 19.3. The zero-order valence-corrected chi connectivity index (χ0v) is 9.82. The predicted molar refractivity (Wildman–Crippen MR) is 61.8 cm³/mol. The minimum Gasteiger partial charge on any atom is -0.423 e. The van der Waals surface area contributed by atoms with Crippen molar-refractivity contribution in [2.24, 2.45) is 0 Å². The molecule has 4 nitrogen and oxygen atoms in total. The van der Waals surface area contributed by atoms with Crippen LogP contribution in [0.3, 0.4) is 0 Å². The zero-order chi connectivity index (χ0) is 12.1. The van der Waals surface area contributed by atoms with Crippen molar-refractivity contribution in [1.82, 2.24) is 0 Å². The van der Waals surface area contributed by atoms with Gasteiger partial charge in [-0.1, -0.05) is 29.8 Å². The van der Waals surface area contributed by atoms with E-state index in [1.165, 1.54) is 0 Å². The number of sulfone groups is 1. The van der Waals surface area contributed by atoms with Crippen LogP contribution in [0, 0.1) is 6.92 Å². The molecule has 0 unspecified atom stereocenters. The van der Waals surface area contributed by atoms with Crippen LogP contribution in [0.4, 0.5) is 0 Å². The molecule has 0 heterocycles. The first kappa shape index (κ1) is 14.2. The second-order valence-electron chi connectivity index (χ2n) is 3.43. The number of benzene rings is 1. The van der Waals surface area contributed by atoms with Crippen molar-refractivity contribution >= 4 is 22.4 Å². The minimum atomic E-state index is -2.67. The van der Waals surface area contributed by atoms with Crippen molar-refractivity contribution in [3.05, 3.63) is 29.8 Å². The van der Waals surface area contributed by atoms with E-state index in [0.29, 0.717) is 5.46 Å². The van der Waals surface area contributed by atoms with Gasteiger partial charge in [-0.2, -0.15) is 0 Å². The van der Waals surface area contributed by atoms with E-state index in [9.17, 15) is 8.42 Å². The molecule has 84 valence electrons. The molecular weight excluding hydrogens is 215 g/mol. The SMILES string of the molecule is CS(C)(=O)=O.Cc1cccc(B(O)O)c1. The van der Waals surface area contributed by atoms with Gasteiger partial charge in [0.25, 0.3) is 0 Å². The number of rotatable bonds is 1. The van der Waals surface area contributed by atoms with E-state index in [0.717, 1.165) is 18.1 Å². The van der Waals surface area contributed by atoms with E-state index >= 15 is 0 Å². The zero-order valence-electron chi connectivity index (χ0n) is 9.01. The van der Waals surface area contributed by atoms with Crippen molar-refractivity contribution < 1.29 is 18.5 Å². The van der Waals surface area contributed by atoms with Gasteiger partial charge in [-0.15, -0.1) is 0 Å². The maximum atomic E-state index is 9.63. The van der Waals surface area contributed by atoms with Gasteiger partial charge in [-0.05, 0) is 12.4 Å². The van der Waals surface area contributed by atoms with E-state index in [2.05, 4.69) is 0 Å². The lowest BCUT2D eigenvalue weighted by Gasteiger charge is -1.98. The van der Waals surface area contributed by atoms with E-state index in [1.54, 1.807) is 18.2 Å². The summed E-state index contributed by atoms with van der Waals surface area (Å²) in [7, 11) is -4.01. The third kappa shape index (κ3) is 9.46. The number of hydrogen-bond donors (Lipinski definition) is 2. The van der Waals surface area contributed by atoms with E-state index in [-0.39, 0.29) is 0 Å². The summed E-state index contributed by atoms with van der Waals surface area (Å²) in [6, 6.07) is 7.12. The van der Waals surface area contributed by atoms with Gasteiger partial charge < -0.3 is 10.0 Å². The standard InChI is InChI=1S/C7H9BO2.C2H6O2S/c1-6-3-2-4-7(5-6)8(9)10;1-5(2,3)4/h2-5,9-10H,1H3;1-2H3. The molecule has 2 N–H and O–H groups in total. The van der Waals surface area contributed by atoms with Gasteiger partial charge in [0.1, 0.15) is 9.84 Å². The fraction of sp³-hybridized carbons (Fsp3) is 0.333. The summed E-state index contributed by atoms with van der Waals surface area (Å²) in [4.78, 5) is 0. The van der Waals surface area contributed by atoms with Crippen molar-refractivity contribution in [1.29, 1.82) is 0 Å². The Morgan fingerprint density at radius 1 is 1.20 bits per heavy atom. The van der Waals surface area contributed by atoms with E-state index in [1.807, 2.05) is 13.0 Å². The first-order chi connectivity index (χ1) is 6.70. The number of hydrogen-bond acceptors (Lipinski definition) is 4. The Labute approximate surface area is 90.6 Å². The molecule has 15 heavy (non-hydrogen) atoms. The van der Waals surface area contributed by atoms with Crippen LogP contribution < -0.4 is 5.46 Å². The Morgan fingerprint density at radius 3 is 1.93 bits per heavy atom. The van der Waals surface area contributed by atoms with Crippen LogP contribution in [0.2, 0.25) is 0 Å². The fourth-order valence-electron chi connectivity index (χ4n) is 0.831. The fourth-order valence-corrected chi connectivity index (χ4v) is 0.831. The Kier molecular flexibility index (Phi) is 5.56. The molecule has 0 atom stereocenters. The molecule has 0 aliphatic carbocycles. The predicted octanol–water partition coefficient (Wildman–Crippen LogP) is -0.664. The summed E-state index contributed by atoms with van der Waals surface area (Å²) in [6.45, 7) is 1.91. The average molecular weight is 230 g/mol. The summed E-state index contributed by atoms with van der Waals surface area (Å²) in [5.74, 6) is 0. The first-order valence-corrected chi connectivity index (χ1v) is 6.58. The Balaban J connectivity index is 0.000000336. The quantitative estimate of drug-likeness (QED) is 0.628. The lowest BCUT2D eigenvalue weighted by Crippen LogP contribution is -2.29. The molecule has 0 spiro atoms. The smallest absolute Gasteiger partial charge is 0.423 e. The molecule has 0 saturated heterocycles. The van der Waals surface area contributed by atoms with Crippen molar-refractivity contribution in [2.45, 2.75) is 6.92 Å². The Bertz CT molecular complexity index is 392. The average Bonchev–Trinajstić information content (AvgIpc) is 2.00. The van der Waals surface area contributed by atoms with E-state index in [4.69, 9.17) is 10.0 Å². The largest absolute Gasteiger partial charge is 0.488 e. The highest BCUT2D eigenvalue weighted by molar-refractivity contribution is 7.89. The molecule has 0 fully saturated rings. The summed E-state index contributed by atoms with van der Waals surface area (Å²) in [6.07, 6.45) is 2.32. The summed E-state index contributed by atoms with van der Waals surface area (Å²) >= 11 is 0. The monoisotopic (exact) mass is 230 g/mol. The lowest BCUT2D eigenvalue weighted by molar-refractivity contribution is 0.425. The molecular formula is C9H15BO4S. The highest BCUT2D eigenvalue weighted by Gasteiger charge is 2.08. The topological polar surface area (TPSA) is 74.6 Å². The Morgan fingerprint density at radius 2 is 1.67 bits per heavy atom. The van der Waals surface area contributed by atoms with Gasteiger partial charge in [0.2, 0.25) is 0 Å². The minimum absolute atomic E-state index is 0.542. The van der Waals surface area contributed by atoms with Crippen LogP contribution in [0.25, 0.3) is 0 Å². The molecule has 0 saturated carbocycles.